The van der Waals surface area contributed by atoms with Crippen molar-refractivity contribution in [3.63, 3.8) is 0 Å². The largest absolute Gasteiger partial charge is 0.493 e. The number of hydrogen-bond donors (Lipinski definition) is 2. The summed E-state index contributed by atoms with van der Waals surface area (Å²) in [5, 5.41) is 6.51. The highest BCUT2D eigenvalue weighted by molar-refractivity contribution is 14.0. The van der Waals surface area contributed by atoms with Crippen LogP contribution in [0.15, 0.2) is 45.9 Å². The molecular weight excluding hydrogens is 528 g/mol. The number of ether oxygens (including phenoxy) is 2. The van der Waals surface area contributed by atoms with Crippen molar-refractivity contribution < 1.29 is 13.9 Å². The number of nitrogens with one attached hydrogen (secondary N) is 2. The number of rotatable bonds is 7. The van der Waals surface area contributed by atoms with Crippen LogP contribution in [0, 0.1) is 5.82 Å². The molecule has 0 heterocycles. The van der Waals surface area contributed by atoms with Crippen LogP contribution in [-0.2, 0) is 13.0 Å². The first-order valence-electron chi connectivity index (χ1n) is 8.16. The Morgan fingerprint density at radius 3 is 2.30 bits per heavy atom. The van der Waals surface area contributed by atoms with Crippen molar-refractivity contribution >= 4 is 45.9 Å². The second-order valence-electron chi connectivity index (χ2n) is 5.53. The molecule has 2 aromatic carbocycles. The molecule has 0 saturated carbocycles. The molecule has 0 unspecified atom stereocenters. The number of methoxy groups -OCH3 is 2. The minimum atomic E-state index is -0.223. The summed E-state index contributed by atoms with van der Waals surface area (Å²) in [7, 11) is 4.94. The normalized spacial score (nSPS) is 10.8. The average Bonchev–Trinajstić information content (AvgIpc) is 2.66. The van der Waals surface area contributed by atoms with Gasteiger partial charge in [-0.15, -0.1) is 24.0 Å². The Morgan fingerprint density at radius 1 is 1.07 bits per heavy atom. The smallest absolute Gasteiger partial charge is 0.191 e. The van der Waals surface area contributed by atoms with Crippen LogP contribution >= 0.6 is 39.9 Å². The van der Waals surface area contributed by atoms with Crippen molar-refractivity contribution in [1.82, 2.24) is 10.6 Å². The van der Waals surface area contributed by atoms with E-state index in [1.807, 2.05) is 12.1 Å². The number of benzene rings is 2. The van der Waals surface area contributed by atoms with Crippen LogP contribution in [0.4, 0.5) is 4.39 Å². The molecular formula is C19H24BrFIN3O2. The minimum Gasteiger partial charge on any atom is -0.493 e. The molecule has 0 amide bonds. The molecule has 8 heteroatoms. The molecule has 2 rings (SSSR count). The molecule has 0 spiro atoms. The molecule has 0 atom stereocenters. The van der Waals surface area contributed by atoms with Gasteiger partial charge >= 0.3 is 0 Å². The maximum absolute atomic E-state index is 12.9. The minimum absolute atomic E-state index is 0. The van der Waals surface area contributed by atoms with E-state index in [2.05, 4.69) is 31.6 Å². The lowest BCUT2D eigenvalue weighted by molar-refractivity contribution is 0.354. The SMILES string of the molecule is CN=C(NCCc1ccc(F)cc1)NCc1cc(OC)c(OC)cc1Br.I. The average molecular weight is 552 g/mol. The number of halogens is 3. The second kappa shape index (κ2) is 12.0. The lowest BCUT2D eigenvalue weighted by Crippen LogP contribution is -2.37. The summed E-state index contributed by atoms with van der Waals surface area (Å²) >= 11 is 3.55. The fraction of sp³-hybridized carbons (Fsp3) is 0.316. The molecule has 148 valence electrons. The number of guanidine groups is 1. The quantitative estimate of drug-likeness (QED) is 0.309. The van der Waals surface area contributed by atoms with Gasteiger partial charge in [0.2, 0.25) is 0 Å². The third kappa shape index (κ3) is 7.17. The summed E-state index contributed by atoms with van der Waals surface area (Å²) in [5.41, 5.74) is 2.08. The van der Waals surface area contributed by atoms with Crippen molar-refractivity contribution in [3.05, 3.63) is 57.8 Å². The molecule has 0 saturated heterocycles. The first kappa shape index (κ1) is 23.5. The predicted molar refractivity (Wildman–Crippen MR) is 121 cm³/mol. The van der Waals surface area contributed by atoms with Gasteiger partial charge in [0.05, 0.1) is 14.2 Å². The third-order valence-electron chi connectivity index (χ3n) is 3.84. The Morgan fingerprint density at radius 2 is 1.70 bits per heavy atom. The van der Waals surface area contributed by atoms with Gasteiger partial charge in [-0.25, -0.2) is 4.39 Å². The molecule has 27 heavy (non-hydrogen) atoms. The summed E-state index contributed by atoms with van der Waals surface area (Å²) in [4.78, 5) is 4.22. The lowest BCUT2D eigenvalue weighted by atomic mass is 10.1. The Kier molecular flexibility index (Phi) is 10.5. The van der Waals surface area contributed by atoms with Gasteiger partial charge in [-0.1, -0.05) is 28.1 Å². The van der Waals surface area contributed by atoms with Crippen LogP contribution in [0.3, 0.4) is 0 Å². The molecule has 0 fully saturated rings. The number of nitrogens with zero attached hydrogens (tertiary/aromatic N) is 1. The molecule has 0 bridgehead atoms. The highest BCUT2D eigenvalue weighted by atomic mass is 127. The third-order valence-corrected chi connectivity index (χ3v) is 4.58. The standard InChI is InChI=1S/C19H23BrFN3O2.HI/c1-22-19(23-9-8-13-4-6-15(21)7-5-13)24-12-14-10-17(25-2)18(26-3)11-16(14)20;/h4-7,10-11H,8-9,12H2,1-3H3,(H2,22,23,24);1H. The molecule has 0 radical (unpaired) electrons. The second-order valence-corrected chi connectivity index (χ2v) is 6.38. The highest BCUT2D eigenvalue weighted by Crippen LogP contribution is 2.33. The van der Waals surface area contributed by atoms with Gasteiger partial charge in [0.1, 0.15) is 5.82 Å². The van der Waals surface area contributed by atoms with Gasteiger partial charge in [0, 0.05) is 24.6 Å². The van der Waals surface area contributed by atoms with Gasteiger partial charge in [-0.2, -0.15) is 0 Å². The van der Waals surface area contributed by atoms with E-state index in [0.717, 1.165) is 22.0 Å². The van der Waals surface area contributed by atoms with Gasteiger partial charge in [0.25, 0.3) is 0 Å². The van der Waals surface area contributed by atoms with E-state index < -0.39 is 0 Å². The lowest BCUT2D eigenvalue weighted by Gasteiger charge is -2.15. The topological polar surface area (TPSA) is 54.9 Å². The fourth-order valence-corrected chi connectivity index (χ4v) is 2.87. The predicted octanol–water partition coefficient (Wildman–Crippen LogP) is 4.13. The van der Waals surface area contributed by atoms with Crippen LogP contribution < -0.4 is 20.1 Å². The molecule has 2 aromatic rings. The van der Waals surface area contributed by atoms with E-state index in [9.17, 15) is 4.39 Å². The maximum atomic E-state index is 12.9. The molecule has 5 nitrogen and oxygen atoms in total. The van der Waals surface area contributed by atoms with Gasteiger partial charge in [-0.3, -0.25) is 4.99 Å². The van der Waals surface area contributed by atoms with Crippen LogP contribution in [0.2, 0.25) is 0 Å². The van der Waals surface area contributed by atoms with E-state index in [0.29, 0.717) is 30.5 Å². The van der Waals surface area contributed by atoms with Gasteiger partial charge in [-0.05, 0) is 41.8 Å². The van der Waals surface area contributed by atoms with E-state index >= 15 is 0 Å². The van der Waals surface area contributed by atoms with Crippen molar-refractivity contribution in [2.24, 2.45) is 4.99 Å². The number of aliphatic imine (C=N–C) groups is 1. The molecule has 2 N–H and O–H groups in total. The van der Waals surface area contributed by atoms with Crippen molar-refractivity contribution in [1.29, 1.82) is 0 Å². The Labute approximate surface area is 184 Å². The van der Waals surface area contributed by atoms with E-state index in [4.69, 9.17) is 9.47 Å². The maximum Gasteiger partial charge on any atom is 0.191 e. The highest BCUT2D eigenvalue weighted by Gasteiger charge is 2.10. The van der Waals surface area contributed by atoms with Crippen LogP contribution in [-0.4, -0.2) is 33.8 Å². The summed E-state index contributed by atoms with van der Waals surface area (Å²) in [5.74, 6) is 1.81. The monoisotopic (exact) mass is 551 g/mol. The molecule has 0 aliphatic rings. The summed E-state index contributed by atoms with van der Waals surface area (Å²) in [6, 6.07) is 10.3. The van der Waals surface area contributed by atoms with Crippen LogP contribution in [0.5, 0.6) is 11.5 Å². The zero-order valence-corrected chi connectivity index (χ0v) is 19.4. The first-order chi connectivity index (χ1) is 12.6. The van der Waals surface area contributed by atoms with E-state index in [1.165, 1.54) is 12.1 Å². The van der Waals surface area contributed by atoms with Crippen LogP contribution in [0.25, 0.3) is 0 Å². The van der Waals surface area contributed by atoms with E-state index in [-0.39, 0.29) is 29.8 Å². The molecule has 0 aliphatic heterocycles. The Balaban J connectivity index is 0.00000364. The zero-order chi connectivity index (χ0) is 18.9. The van der Waals surface area contributed by atoms with E-state index in [1.54, 1.807) is 33.4 Å². The zero-order valence-electron chi connectivity index (χ0n) is 15.5. The van der Waals surface area contributed by atoms with Gasteiger partial charge in [0.15, 0.2) is 17.5 Å². The number of hydrogen-bond acceptors (Lipinski definition) is 3. The van der Waals surface area contributed by atoms with Crippen LogP contribution in [0.1, 0.15) is 11.1 Å². The summed E-state index contributed by atoms with van der Waals surface area (Å²) < 4.78 is 24.5. The Hall–Kier alpha value is -1.55. The first-order valence-corrected chi connectivity index (χ1v) is 8.96. The molecule has 0 aromatic heterocycles. The summed E-state index contributed by atoms with van der Waals surface area (Å²) in [6.07, 6.45) is 0.779. The van der Waals surface area contributed by atoms with Gasteiger partial charge < -0.3 is 20.1 Å². The van der Waals surface area contributed by atoms with Crippen molar-refractivity contribution in [2.45, 2.75) is 13.0 Å². The summed E-state index contributed by atoms with van der Waals surface area (Å²) in [6.45, 7) is 1.26. The van der Waals surface area contributed by atoms with Crippen molar-refractivity contribution in [3.8, 4) is 11.5 Å². The fourth-order valence-electron chi connectivity index (χ4n) is 2.41. The van der Waals surface area contributed by atoms with Crippen molar-refractivity contribution in [2.75, 3.05) is 27.8 Å². The molecule has 0 aliphatic carbocycles. The Bertz CT molecular complexity index is 757.